The van der Waals surface area contributed by atoms with Crippen molar-refractivity contribution in [3.8, 4) is 34.1 Å². The minimum absolute atomic E-state index is 0.630. The SMILES string of the molecule is C=C/C=C(C)\C=C(/C)N(c1cccc2c1Cc1ccccc1-2)c1cc(N(C2=C(C)C=CC#CC2)c2cccc3c2Cc2ccccc2-3)c2ccc3cc(C)cc4ccc1c2c34. The second kappa shape index (κ2) is 14.4. The van der Waals surface area contributed by atoms with Crippen LogP contribution in [0, 0.1) is 18.8 Å². The molecule has 0 unspecified atom stereocenters. The fraction of sp³-hybridized carbons (Fsp3) is 0.119. The second-order valence-corrected chi connectivity index (χ2v) is 16.9. The maximum atomic E-state index is 4.04. The molecule has 11 rings (SSSR count). The highest BCUT2D eigenvalue weighted by atomic mass is 15.2. The Morgan fingerprint density at radius 3 is 1.90 bits per heavy atom. The van der Waals surface area contributed by atoms with Crippen molar-refractivity contribution in [1.29, 1.82) is 0 Å². The van der Waals surface area contributed by atoms with Crippen LogP contribution in [0.3, 0.4) is 0 Å². The summed E-state index contributed by atoms with van der Waals surface area (Å²) in [6.45, 7) is 12.9. The fourth-order valence-corrected chi connectivity index (χ4v) is 10.5. The molecule has 8 aromatic carbocycles. The molecule has 3 aliphatic rings. The standard InChI is InChI=1S/C59H46N2/c1-6-16-37(2)31-40(5)60(54-25-14-22-47-45-20-12-10-18-41(45)34-51(47)54)56-36-57(50-30-28-44-33-38(3)32-43-27-29-49(56)59(50)58(43)44)61(53-24-9-7-8-17-39(53)4)55-26-15-23-48-46-21-13-11-19-42(46)35-52(48)55/h6,8,10-23,25-33,36H,1,24,34-35H2,2-5H3/b37-16-,40-31+. The van der Waals surface area contributed by atoms with Crippen LogP contribution in [0.5, 0.6) is 0 Å². The Bertz CT molecular complexity index is 3340. The summed E-state index contributed by atoms with van der Waals surface area (Å²) in [5, 5.41) is 7.56. The molecule has 0 aromatic heterocycles. The number of allylic oxidation sites excluding steroid dienone is 9. The maximum Gasteiger partial charge on any atom is 0.0559 e. The van der Waals surface area contributed by atoms with Crippen LogP contribution in [0.1, 0.15) is 55.0 Å². The van der Waals surface area contributed by atoms with Gasteiger partial charge in [-0.15, -0.1) is 0 Å². The average molecular weight is 783 g/mol. The van der Waals surface area contributed by atoms with Crippen molar-refractivity contribution in [1.82, 2.24) is 0 Å². The lowest BCUT2D eigenvalue weighted by Gasteiger charge is -2.35. The van der Waals surface area contributed by atoms with Gasteiger partial charge >= 0.3 is 0 Å². The Labute approximate surface area is 359 Å². The monoisotopic (exact) mass is 782 g/mol. The third-order valence-corrected chi connectivity index (χ3v) is 13.1. The number of hydrogen-bond donors (Lipinski definition) is 0. The zero-order chi connectivity index (χ0) is 41.4. The van der Waals surface area contributed by atoms with Crippen molar-refractivity contribution in [3.05, 3.63) is 215 Å². The molecular weight excluding hydrogens is 737 g/mol. The smallest absolute Gasteiger partial charge is 0.0559 e. The van der Waals surface area contributed by atoms with Crippen LogP contribution < -0.4 is 9.80 Å². The molecule has 0 aliphatic heterocycles. The van der Waals surface area contributed by atoms with Crippen LogP contribution in [0.4, 0.5) is 22.7 Å². The van der Waals surface area contributed by atoms with E-state index >= 15 is 0 Å². The van der Waals surface area contributed by atoms with Crippen LogP contribution in [0.15, 0.2) is 187 Å². The Morgan fingerprint density at radius 2 is 1.23 bits per heavy atom. The van der Waals surface area contributed by atoms with Crippen LogP contribution >= 0.6 is 0 Å². The molecule has 0 spiro atoms. The Hall–Kier alpha value is -7.34. The predicted octanol–water partition coefficient (Wildman–Crippen LogP) is 15.6. The van der Waals surface area contributed by atoms with Crippen LogP contribution in [-0.2, 0) is 12.8 Å². The first-order valence-electron chi connectivity index (χ1n) is 21.4. The molecule has 2 nitrogen and oxygen atoms in total. The quantitative estimate of drug-likeness (QED) is 0.0860. The molecule has 61 heavy (non-hydrogen) atoms. The van der Waals surface area contributed by atoms with Gasteiger partial charge in [-0.25, -0.2) is 0 Å². The molecule has 2 heteroatoms. The average Bonchev–Trinajstić information content (AvgIpc) is 3.77. The van der Waals surface area contributed by atoms with Gasteiger partial charge in [0.05, 0.1) is 23.5 Å². The topological polar surface area (TPSA) is 6.48 Å². The van der Waals surface area contributed by atoms with Gasteiger partial charge in [-0.1, -0.05) is 140 Å². The minimum Gasteiger partial charge on any atom is -0.313 e. The van der Waals surface area contributed by atoms with E-state index in [0.29, 0.717) is 6.42 Å². The molecule has 8 aromatic rings. The molecular formula is C59H46N2. The first kappa shape index (κ1) is 36.7. The predicted molar refractivity (Wildman–Crippen MR) is 260 cm³/mol. The first-order valence-corrected chi connectivity index (χ1v) is 21.4. The lowest BCUT2D eigenvalue weighted by molar-refractivity contribution is 1.05. The molecule has 0 bridgehead atoms. The lowest BCUT2D eigenvalue weighted by Crippen LogP contribution is -2.21. The largest absolute Gasteiger partial charge is 0.313 e. The number of rotatable bonds is 8. The van der Waals surface area contributed by atoms with Gasteiger partial charge in [0.25, 0.3) is 0 Å². The van der Waals surface area contributed by atoms with Crippen LogP contribution in [0.2, 0.25) is 0 Å². The molecule has 0 fully saturated rings. The normalized spacial score (nSPS) is 14.2. The van der Waals surface area contributed by atoms with Gasteiger partial charge in [-0.2, -0.15) is 0 Å². The summed E-state index contributed by atoms with van der Waals surface area (Å²) in [5.74, 6) is 6.83. The van der Waals surface area contributed by atoms with E-state index in [9.17, 15) is 0 Å². The third kappa shape index (κ3) is 5.88. The lowest BCUT2D eigenvalue weighted by atomic mass is 9.90. The molecule has 0 atom stereocenters. The van der Waals surface area contributed by atoms with Gasteiger partial charge in [-0.3, -0.25) is 0 Å². The van der Waals surface area contributed by atoms with E-state index in [2.05, 4.69) is 202 Å². The Morgan fingerprint density at radius 1 is 0.623 bits per heavy atom. The van der Waals surface area contributed by atoms with Gasteiger partial charge in [-0.05, 0) is 141 Å². The molecule has 0 heterocycles. The first-order chi connectivity index (χ1) is 29.9. The highest BCUT2D eigenvalue weighted by Gasteiger charge is 2.31. The minimum atomic E-state index is 0.630. The van der Waals surface area contributed by atoms with Crippen LogP contribution in [-0.4, -0.2) is 0 Å². The summed E-state index contributed by atoms with van der Waals surface area (Å²) in [6, 6.07) is 48.2. The van der Waals surface area contributed by atoms with Gasteiger partial charge in [0, 0.05) is 46.1 Å². The van der Waals surface area contributed by atoms with Crippen molar-refractivity contribution in [3.63, 3.8) is 0 Å². The van der Waals surface area contributed by atoms with Crippen molar-refractivity contribution in [2.75, 3.05) is 9.80 Å². The van der Waals surface area contributed by atoms with E-state index in [1.165, 1.54) is 105 Å². The number of aryl methyl sites for hydroxylation is 1. The molecule has 0 N–H and O–H groups in total. The fourth-order valence-electron chi connectivity index (χ4n) is 10.5. The maximum absolute atomic E-state index is 4.04. The van der Waals surface area contributed by atoms with Gasteiger partial charge in [0.1, 0.15) is 0 Å². The Kier molecular flexibility index (Phi) is 8.69. The highest BCUT2D eigenvalue weighted by molar-refractivity contribution is 6.28. The Balaban J connectivity index is 1.27. The third-order valence-electron chi connectivity index (χ3n) is 13.1. The summed E-state index contributed by atoms with van der Waals surface area (Å²) in [6.07, 6.45) is 12.9. The van der Waals surface area contributed by atoms with Gasteiger partial charge in [0.15, 0.2) is 0 Å². The summed E-state index contributed by atoms with van der Waals surface area (Å²) in [7, 11) is 0. The molecule has 3 aliphatic carbocycles. The van der Waals surface area contributed by atoms with Crippen LogP contribution in [0.25, 0.3) is 54.6 Å². The van der Waals surface area contributed by atoms with Gasteiger partial charge in [0.2, 0.25) is 0 Å². The van der Waals surface area contributed by atoms with E-state index < -0.39 is 0 Å². The van der Waals surface area contributed by atoms with E-state index in [0.717, 1.165) is 35.5 Å². The summed E-state index contributed by atoms with van der Waals surface area (Å²) < 4.78 is 0. The van der Waals surface area contributed by atoms with E-state index in [1.54, 1.807) is 0 Å². The second-order valence-electron chi connectivity index (χ2n) is 16.9. The van der Waals surface area contributed by atoms with E-state index in [1.807, 2.05) is 12.2 Å². The van der Waals surface area contributed by atoms with Gasteiger partial charge < -0.3 is 9.80 Å². The molecule has 292 valence electrons. The van der Waals surface area contributed by atoms with E-state index in [4.69, 9.17) is 0 Å². The molecule has 0 amide bonds. The molecule has 0 radical (unpaired) electrons. The van der Waals surface area contributed by atoms with Crippen molar-refractivity contribution in [2.45, 2.75) is 47.0 Å². The zero-order valence-corrected chi connectivity index (χ0v) is 35.2. The molecule has 0 saturated carbocycles. The molecule has 0 saturated heterocycles. The number of hydrogen-bond acceptors (Lipinski definition) is 2. The van der Waals surface area contributed by atoms with Crippen molar-refractivity contribution in [2.24, 2.45) is 0 Å². The van der Waals surface area contributed by atoms with Crippen molar-refractivity contribution >= 4 is 55.1 Å². The zero-order valence-electron chi connectivity index (χ0n) is 35.2. The number of anilines is 4. The number of nitrogens with zero attached hydrogens (tertiary/aromatic N) is 2. The summed E-state index contributed by atoms with van der Waals surface area (Å²) in [5.41, 5.74) is 21.4. The summed E-state index contributed by atoms with van der Waals surface area (Å²) >= 11 is 0. The highest BCUT2D eigenvalue weighted by Crippen LogP contribution is 2.53. The number of benzene rings is 8. The van der Waals surface area contributed by atoms with Crippen molar-refractivity contribution < 1.29 is 0 Å². The van der Waals surface area contributed by atoms with E-state index in [-0.39, 0.29) is 0 Å². The number of fused-ring (bicyclic) bond motifs is 6. The summed E-state index contributed by atoms with van der Waals surface area (Å²) in [4.78, 5) is 5.12.